The molecule has 1 aromatic rings. The summed E-state index contributed by atoms with van der Waals surface area (Å²) in [7, 11) is 0. The first kappa shape index (κ1) is 12.5. The van der Waals surface area contributed by atoms with Crippen LogP contribution in [0.3, 0.4) is 0 Å². The van der Waals surface area contributed by atoms with Crippen molar-refractivity contribution in [1.29, 1.82) is 0 Å². The van der Waals surface area contributed by atoms with E-state index in [1.807, 2.05) is 12.3 Å². The lowest BCUT2D eigenvalue weighted by molar-refractivity contribution is 0.0994. The summed E-state index contributed by atoms with van der Waals surface area (Å²) in [5.41, 5.74) is 5.10. The molecule has 0 aromatic carbocycles. The van der Waals surface area contributed by atoms with Crippen molar-refractivity contribution in [2.45, 2.75) is 44.8 Å². The number of hydrazine groups is 1. The van der Waals surface area contributed by atoms with Crippen LogP contribution in [-0.4, -0.2) is 17.7 Å². The van der Waals surface area contributed by atoms with Gasteiger partial charge in [0.05, 0.1) is 17.8 Å². The molecule has 0 radical (unpaired) electrons. The van der Waals surface area contributed by atoms with Crippen LogP contribution < -0.4 is 11.3 Å². The maximum Gasteiger partial charge on any atom is 0.0635 e. The maximum absolute atomic E-state index is 5.63. The van der Waals surface area contributed by atoms with Gasteiger partial charge >= 0.3 is 0 Å². The summed E-state index contributed by atoms with van der Waals surface area (Å²) in [6.07, 6.45) is 6.62. The van der Waals surface area contributed by atoms with Crippen molar-refractivity contribution < 1.29 is 4.74 Å². The summed E-state index contributed by atoms with van der Waals surface area (Å²) < 4.78 is 5.62. The molecule has 4 nitrogen and oxygen atoms in total. The third-order valence-corrected chi connectivity index (χ3v) is 3.38. The van der Waals surface area contributed by atoms with E-state index < -0.39 is 0 Å². The van der Waals surface area contributed by atoms with Gasteiger partial charge in [0.2, 0.25) is 0 Å². The predicted molar refractivity (Wildman–Crippen MR) is 67.2 cm³/mol. The molecule has 1 aliphatic rings. The molecule has 2 heterocycles. The van der Waals surface area contributed by atoms with Crippen LogP contribution in [0.2, 0.25) is 0 Å². The van der Waals surface area contributed by atoms with E-state index in [9.17, 15) is 0 Å². The fourth-order valence-corrected chi connectivity index (χ4v) is 2.39. The third kappa shape index (κ3) is 3.25. The highest BCUT2D eigenvalue weighted by atomic mass is 16.5. The second-order valence-electron chi connectivity index (χ2n) is 4.64. The van der Waals surface area contributed by atoms with Crippen LogP contribution in [0.4, 0.5) is 0 Å². The topological polar surface area (TPSA) is 60.2 Å². The average Bonchev–Trinajstić information content (AvgIpc) is 2.85. The number of pyridine rings is 1. The first-order valence-corrected chi connectivity index (χ1v) is 6.30. The molecule has 1 fully saturated rings. The number of rotatable bonds is 5. The van der Waals surface area contributed by atoms with E-state index in [4.69, 9.17) is 10.6 Å². The Balaban J connectivity index is 1.94. The van der Waals surface area contributed by atoms with Crippen molar-refractivity contribution in [2.75, 3.05) is 6.61 Å². The van der Waals surface area contributed by atoms with Gasteiger partial charge in [-0.25, -0.2) is 0 Å². The quantitative estimate of drug-likeness (QED) is 0.604. The zero-order chi connectivity index (χ0) is 12.1. The van der Waals surface area contributed by atoms with Crippen LogP contribution in [0, 0.1) is 6.92 Å². The summed E-state index contributed by atoms with van der Waals surface area (Å²) in [5, 5.41) is 0. The summed E-state index contributed by atoms with van der Waals surface area (Å²) in [6, 6.07) is 4.14. The first-order chi connectivity index (χ1) is 8.31. The van der Waals surface area contributed by atoms with Crippen LogP contribution in [0.25, 0.3) is 0 Å². The molecular weight excluding hydrogens is 214 g/mol. The Morgan fingerprint density at radius 2 is 2.53 bits per heavy atom. The lowest BCUT2D eigenvalue weighted by atomic mass is 10.0. The Labute approximate surface area is 103 Å². The van der Waals surface area contributed by atoms with Gasteiger partial charge in [0.25, 0.3) is 0 Å². The lowest BCUT2D eigenvalue weighted by Gasteiger charge is -2.19. The summed E-state index contributed by atoms with van der Waals surface area (Å²) >= 11 is 0. The van der Waals surface area contributed by atoms with Gasteiger partial charge in [-0.1, -0.05) is 6.07 Å². The second kappa shape index (κ2) is 6.10. The van der Waals surface area contributed by atoms with Crippen LogP contribution in [0.5, 0.6) is 0 Å². The smallest absolute Gasteiger partial charge is 0.0635 e. The summed E-state index contributed by atoms with van der Waals surface area (Å²) in [5.74, 6) is 5.63. The number of ether oxygens (including phenoxy) is 1. The molecule has 2 unspecified atom stereocenters. The van der Waals surface area contributed by atoms with Gasteiger partial charge in [0, 0.05) is 12.8 Å². The van der Waals surface area contributed by atoms with Gasteiger partial charge < -0.3 is 4.74 Å². The Morgan fingerprint density at radius 1 is 1.65 bits per heavy atom. The SMILES string of the molecule is Cc1cccnc1C(CCC1CCCO1)NN. The van der Waals surface area contributed by atoms with Gasteiger partial charge in [0.1, 0.15) is 0 Å². The van der Waals surface area contributed by atoms with Crippen LogP contribution in [0.15, 0.2) is 18.3 Å². The highest BCUT2D eigenvalue weighted by Gasteiger charge is 2.19. The molecule has 1 aliphatic heterocycles. The van der Waals surface area contributed by atoms with Gasteiger partial charge in [-0.2, -0.15) is 0 Å². The number of nitrogens with two attached hydrogens (primary N) is 1. The molecule has 0 saturated carbocycles. The lowest BCUT2D eigenvalue weighted by Crippen LogP contribution is -2.30. The molecule has 3 N–H and O–H groups in total. The zero-order valence-electron chi connectivity index (χ0n) is 10.4. The molecule has 94 valence electrons. The molecule has 4 heteroatoms. The van der Waals surface area contributed by atoms with Crippen molar-refractivity contribution in [3.63, 3.8) is 0 Å². The minimum Gasteiger partial charge on any atom is -0.378 e. The average molecular weight is 235 g/mol. The minimum absolute atomic E-state index is 0.125. The summed E-state index contributed by atoms with van der Waals surface area (Å²) in [4.78, 5) is 4.41. The predicted octanol–water partition coefficient (Wildman–Crippen LogP) is 1.85. The second-order valence-corrected chi connectivity index (χ2v) is 4.64. The highest BCUT2D eigenvalue weighted by molar-refractivity contribution is 5.20. The third-order valence-electron chi connectivity index (χ3n) is 3.38. The minimum atomic E-state index is 0.125. The summed E-state index contributed by atoms with van der Waals surface area (Å²) in [6.45, 7) is 2.98. The normalized spacial score (nSPS) is 21.6. The zero-order valence-corrected chi connectivity index (χ0v) is 10.4. The van der Waals surface area contributed by atoms with Crippen molar-refractivity contribution in [3.8, 4) is 0 Å². The van der Waals surface area contributed by atoms with E-state index >= 15 is 0 Å². The monoisotopic (exact) mass is 235 g/mol. The first-order valence-electron chi connectivity index (χ1n) is 6.30. The van der Waals surface area contributed by atoms with E-state index in [1.165, 1.54) is 18.4 Å². The van der Waals surface area contributed by atoms with E-state index in [-0.39, 0.29) is 6.04 Å². The van der Waals surface area contributed by atoms with E-state index in [2.05, 4.69) is 23.4 Å². The molecule has 0 spiro atoms. The van der Waals surface area contributed by atoms with Crippen molar-refractivity contribution >= 4 is 0 Å². The highest BCUT2D eigenvalue weighted by Crippen LogP contribution is 2.23. The molecule has 2 rings (SSSR count). The van der Waals surface area contributed by atoms with E-state index in [0.29, 0.717) is 6.10 Å². The molecular formula is C13H21N3O. The molecule has 0 amide bonds. The van der Waals surface area contributed by atoms with Gasteiger partial charge in [0.15, 0.2) is 0 Å². The number of nitrogens with one attached hydrogen (secondary N) is 1. The molecule has 0 aliphatic carbocycles. The molecule has 1 saturated heterocycles. The van der Waals surface area contributed by atoms with Crippen LogP contribution >= 0.6 is 0 Å². The van der Waals surface area contributed by atoms with Gasteiger partial charge in [-0.3, -0.25) is 16.3 Å². The van der Waals surface area contributed by atoms with Gasteiger partial charge in [-0.05, 0) is 44.2 Å². The number of nitrogens with zero attached hydrogens (tertiary/aromatic N) is 1. The standard InChI is InChI=1S/C13H21N3O/c1-10-4-2-8-15-13(10)12(16-14)7-6-11-5-3-9-17-11/h2,4,8,11-12,16H,3,5-7,9,14H2,1H3. The number of aryl methyl sites for hydroxylation is 1. The van der Waals surface area contributed by atoms with E-state index in [0.717, 1.165) is 25.1 Å². The number of hydrogen-bond acceptors (Lipinski definition) is 4. The Hall–Kier alpha value is -0.970. The Kier molecular flexibility index (Phi) is 4.48. The van der Waals surface area contributed by atoms with Crippen molar-refractivity contribution in [2.24, 2.45) is 5.84 Å². The van der Waals surface area contributed by atoms with Gasteiger partial charge in [-0.15, -0.1) is 0 Å². The molecule has 17 heavy (non-hydrogen) atoms. The fourth-order valence-electron chi connectivity index (χ4n) is 2.39. The maximum atomic E-state index is 5.63. The van der Waals surface area contributed by atoms with Crippen LogP contribution in [0.1, 0.15) is 43.0 Å². The number of hydrogen-bond donors (Lipinski definition) is 2. The largest absolute Gasteiger partial charge is 0.378 e. The molecule has 0 bridgehead atoms. The Bertz CT molecular complexity index is 350. The van der Waals surface area contributed by atoms with E-state index in [1.54, 1.807) is 0 Å². The van der Waals surface area contributed by atoms with Crippen molar-refractivity contribution in [3.05, 3.63) is 29.6 Å². The molecule has 2 atom stereocenters. The Morgan fingerprint density at radius 3 is 3.18 bits per heavy atom. The fraction of sp³-hybridized carbons (Fsp3) is 0.615. The number of aromatic nitrogens is 1. The molecule has 1 aromatic heterocycles. The van der Waals surface area contributed by atoms with Crippen molar-refractivity contribution in [1.82, 2.24) is 10.4 Å². The van der Waals surface area contributed by atoms with Crippen LogP contribution in [-0.2, 0) is 4.74 Å².